The van der Waals surface area contributed by atoms with Crippen molar-refractivity contribution >= 4 is 18.6 Å². The summed E-state index contributed by atoms with van der Waals surface area (Å²) in [5.41, 5.74) is 1.62. The number of hydrogen-bond donors (Lipinski definition) is 1. The first-order valence-corrected chi connectivity index (χ1v) is 7.09. The standard InChI is InChI=1S/C16H18O3S/c1-11-3-7-15(8-4-11)19-16(17)13-5-9-14(10-6-13)18-12(2)20/h3,5-7,9-10,12,20H,4,8H2,1-2H3. The first-order valence-electron chi connectivity index (χ1n) is 6.58. The van der Waals surface area contributed by atoms with Crippen molar-refractivity contribution in [2.24, 2.45) is 0 Å². The normalized spacial score (nSPS) is 15.9. The molecular weight excluding hydrogens is 272 g/mol. The molecular formula is C16H18O3S. The fourth-order valence-corrected chi connectivity index (χ4v) is 1.97. The zero-order chi connectivity index (χ0) is 14.5. The highest BCUT2D eigenvalue weighted by atomic mass is 32.1. The van der Waals surface area contributed by atoms with Gasteiger partial charge in [0.2, 0.25) is 0 Å². The van der Waals surface area contributed by atoms with E-state index < -0.39 is 0 Å². The quantitative estimate of drug-likeness (QED) is 0.514. The molecule has 0 aliphatic heterocycles. The van der Waals surface area contributed by atoms with Crippen molar-refractivity contribution in [2.75, 3.05) is 0 Å². The monoisotopic (exact) mass is 290 g/mol. The molecule has 0 amide bonds. The van der Waals surface area contributed by atoms with Gasteiger partial charge in [-0.05, 0) is 50.6 Å². The second kappa shape index (κ2) is 6.66. The summed E-state index contributed by atoms with van der Waals surface area (Å²) in [4.78, 5) is 12.0. The Hall–Kier alpha value is -1.68. The Labute approximate surface area is 124 Å². The van der Waals surface area contributed by atoms with Crippen molar-refractivity contribution in [3.63, 3.8) is 0 Å². The van der Waals surface area contributed by atoms with E-state index >= 15 is 0 Å². The van der Waals surface area contributed by atoms with E-state index in [0.717, 1.165) is 12.8 Å². The van der Waals surface area contributed by atoms with Crippen molar-refractivity contribution in [2.45, 2.75) is 32.1 Å². The van der Waals surface area contributed by atoms with E-state index in [1.807, 2.05) is 19.1 Å². The molecule has 20 heavy (non-hydrogen) atoms. The average molecular weight is 290 g/mol. The maximum atomic E-state index is 12.0. The molecule has 0 heterocycles. The highest BCUT2D eigenvalue weighted by Crippen LogP contribution is 2.21. The van der Waals surface area contributed by atoms with Crippen molar-refractivity contribution in [1.29, 1.82) is 0 Å². The van der Waals surface area contributed by atoms with E-state index in [1.165, 1.54) is 5.57 Å². The van der Waals surface area contributed by atoms with Crippen LogP contribution in [0.1, 0.15) is 37.0 Å². The number of hydrogen-bond acceptors (Lipinski definition) is 4. The fraction of sp³-hybridized carbons (Fsp3) is 0.312. The summed E-state index contributed by atoms with van der Waals surface area (Å²) in [6.45, 7) is 3.90. The second-order valence-corrected chi connectivity index (χ2v) is 5.50. The molecule has 106 valence electrons. The smallest absolute Gasteiger partial charge is 0.343 e. The number of esters is 1. The number of thiol groups is 1. The molecule has 2 rings (SSSR count). The molecule has 0 N–H and O–H groups in total. The van der Waals surface area contributed by atoms with Gasteiger partial charge in [0, 0.05) is 6.42 Å². The SMILES string of the molecule is CC1=CC=C(OC(=O)c2ccc(OC(C)S)cc2)CC1. The molecule has 0 spiro atoms. The van der Waals surface area contributed by atoms with Crippen LogP contribution in [0.4, 0.5) is 0 Å². The topological polar surface area (TPSA) is 35.5 Å². The third kappa shape index (κ3) is 4.17. The van der Waals surface area contributed by atoms with Gasteiger partial charge in [-0.3, -0.25) is 0 Å². The van der Waals surface area contributed by atoms with Gasteiger partial charge in [-0.1, -0.05) is 11.6 Å². The van der Waals surface area contributed by atoms with Crippen LogP contribution in [0.5, 0.6) is 5.75 Å². The van der Waals surface area contributed by atoms with Gasteiger partial charge in [0.15, 0.2) is 0 Å². The van der Waals surface area contributed by atoms with Gasteiger partial charge >= 0.3 is 5.97 Å². The summed E-state index contributed by atoms with van der Waals surface area (Å²) in [7, 11) is 0. The fourth-order valence-electron chi connectivity index (χ4n) is 1.85. The summed E-state index contributed by atoms with van der Waals surface area (Å²) in [5.74, 6) is 1.05. The predicted molar refractivity (Wildman–Crippen MR) is 82.0 cm³/mol. The van der Waals surface area contributed by atoms with Gasteiger partial charge in [0.1, 0.15) is 16.9 Å². The molecule has 0 saturated carbocycles. The van der Waals surface area contributed by atoms with Gasteiger partial charge in [-0.25, -0.2) is 4.79 Å². The average Bonchev–Trinajstić information content (AvgIpc) is 2.41. The van der Waals surface area contributed by atoms with E-state index in [-0.39, 0.29) is 11.4 Å². The van der Waals surface area contributed by atoms with Gasteiger partial charge in [-0.15, -0.1) is 12.6 Å². The minimum Gasteiger partial charge on any atom is -0.480 e. The number of benzene rings is 1. The molecule has 0 fully saturated rings. The molecule has 3 nitrogen and oxygen atoms in total. The summed E-state index contributed by atoms with van der Waals surface area (Å²) >= 11 is 4.14. The minimum atomic E-state index is -0.338. The third-order valence-corrected chi connectivity index (χ3v) is 3.05. The number of rotatable bonds is 4. The van der Waals surface area contributed by atoms with E-state index in [9.17, 15) is 4.79 Å². The van der Waals surface area contributed by atoms with Crippen LogP contribution in [0.15, 0.2) is 47.7 Å². The van der Waals surface area contributed by atoms with E-state index in [2.05, 4.69) is 19.6 Å². The Bertz CT molecular complexity index is 541. The van der Waals surface area contributed by atoms with Crippen LogP contribution in [-0.4, -0.2) is 11.4 Å². The van der Waals surface area contributed by atoms with Gasteiger partial charge in [-0.2, -0.15) is 0 Å². The highest BCUT2D eigenvalue weighted by Gasteiger charge is 2.12. The van der Waals surface area contributed by atoms with Crippen LogP contribution in [0.2, 0.25) is 0 Å². The first kappa shape index (κ1) is 14.7. The second-order valence-electron chi connectivity index (χ2n) is 4.78. The van der Waals surface area contributed by atoms with Gasteiger partial charge in [0.25, 0.3) is 0 Å². The van der Waals surface area contributed by atoms with Crippen LogP contribution in [0, 0.1) is 0 Å². The van der Waals surface area contributed by atoms with Crippen molar-refractivity contribution < 1.29 is 14.3 Å². The molecule has 1 aromatic rings. The lowest BCUT2D eigenvalue weighted by atomic mass is 10.1. The van der Waals surface area contributed by atoms with Crippen LogP contribution >= 0.6 is 12.6 Å². The Morgan fingerprint density at radius 2 is 1.90 bits per heavy atom. The van der Waals surface area contributed by atoms with Crippen molar-refractivity contribution in [1.82, 2.24) is 0 Å². The van der Waals surface area contributed by atoms with Crippen LogP contribution in [-0.2, 0) is 4.74 Å². The molecule has 1 aliphatic rings. The first-order chi connectivity index (χ1) is 9.54. The molecule has 0 bridgehead atoms. The molecule has 1 aliphatic carbocycles. The summed E-state index contributed by atoms with van der Waals surface area (Å²) in [6.07, 6.45) is 5.55. The minimum absolute atomic E-state index is 0.185. The molecule has 0 saturated heterocycles. The number of allylic oxidation sites excluding steroid dienone is 4. The molecule has 0 aromatic heterocycles. The van der Waals surface area contributed by atoms with Crippen molar-refractivity contribution in [3.8, 4) is 5.75 Å². The highest BCUT2D eigenvalue weighted by molar-refractivity contribution is 7.80. The Balaban J connectivity index is 1.99. The summed E-state index contributed by atoms with van der Waals surface area (Å²) < 4.78 is 10.8. The predicted octanol–water partition coefficient (Wildman–Crippen LogP) is 4.12. The molecule has 4 heteroatoms. The Kier molecular flexibility index (Phi) is 4.90. The Morgan fingerprint density at radius 1 is 1.20 bits per heavy atom. The van der Waals surface area contributed by atoms with Gasteiger partial charge < -0.3 is 9.47 Å². The maximum absolute atomic E-state index is 12.0. The zero-order valence-electron chi connectivity index (χ0n) is 11.6. The van der Waals surface area contributed by atoms with Crippen LogP contribution in [0.3, 0.4) is 0 Å². The maximum Gasteiger partial charge on any atom is 0.343 e. The zero-order valence-corrected chi connectivity index (χ0v) is 12.5. The Morgan fingerprint density at radius 3 is 2.45 bits per heavy atom. The van der Waals surface area contributed by atoms with Gasteiger partial charge in [0.05, 0.1) is 5.56 Å². The van der Waals surface area contributed by atoms with E-state index in [1.54, 1.807) is 24.3 Å². The summed E-state index contributed by atoms with van der Waals surface area (Å²) in [6, 6.07) is 6.86. The largest absolute Gasteiger partial charge is 0.480 e. The molecule has 1 aromatic carbocycles. The molecule has 0 radical (unpaired) electrons. The van der Waals surface area contributed by atoms with Crippen LogP contribution in [0.25, 0.3) is 0 Å². The van der Waals surface area contributed by atoms with Crippen molar-refractivity contribution in [3.05, 3.63) is 53.3 Å². The van der Waals surface area contributed by atoms with E-state index in [4.69, 9.17) is 9.47 Å². The lowest BCUT2D eigenvalue weighted by molar-refractivity contribution is 0.0613. The van der Waals surface area contributed by atoms with Crippen LogP contribution < -0.4 is 4.74 Å². The summed E-state index contributed by atoms with van der Waals surface area (Å²) in [5, 5.41) is 0. The third-order valence-electron chi connectivity index (χ3n) is 2.94. The number of carbonyl (C=O) groups is 1. The molecule has 1 atom stereocenters. The van der Waals surface area contributed by atoms with E-state index in [0.29, 0.717) is 17.1 Å². The lowest BCUT2D eigenvalue weighted by Gasteiger charge is -2.13. The molecule has 1 unspecified atom stereocenters. The number of ether oxygens (including phenoxy) is 2. The lowest BCUT2D eigenvalue weighted by Crippen LogP contribution is -2.07. The number of carbonyl (C=O) groups excluding carboxylic acids is 1.